The van der Waals surface area contributed by atoms with E-state index in [0.29, 0.717) is 5.54 Å². The third-order valence-corrected chi connectivity index (χ3v) is 4.13. The van der Waals surface area contributed by atoms with E-state index in [2.05, 4.69) is 43.4 Å². The predicted molar refractivity (Wildman–Crippen MR) is 74.4 cm³/mol. The summed E-state index contributed by atoms with van der Waals surface area (Å²) in [6.45, 7) is 5.70. The Kier molecular flexibility index (Phi) is 4.22. The average molecular weight is 231 g/mol. The van der Waals surface area contributed by atoms with Crippen molar-refractivity contribution in [2.75, 3.05) is 6.54 Å². The van der Waals surface area contributed by atoms with E-state index in [1.807, 2.05) is 0 Å². The van der Waals surface area contributed by atoms with Crippen LogP contribution in [0.4, 0.5) is 0 Å². The van der Waals surface area contributed by atoms with Gasteiger partial charge in [-0.05, 0) is 44.7 Å². The van der Waals surface area contributed by atoms with Gasteiger partial charge in [0.1, 0.15) is 0 Å². The quantitative estimate of drug-likeness (QED) is 0.833. The maximum Gasteiger partial charge on any atom is 0.0219 e. The van der Waals surface area contributed by atoms with Crippen LogP contribution in [0.1, 0.15) is 50.2 Å². The lowest BCUT2D eigenvalue weighted by atomic mass is 9.84. The molecule has 2 rings (SSSR count). The van der Waals surface area contributed by atoms with Gasteiger partial charge in [0.25, 0.3) is 0 Å². The van der Waals surface area contributed by atoms with Crippen molar-refractivity contribution in [1.29, 1.82) is 0 Å². The van der Waals surface area contributed by atoms with Gasteiger partial charge in [-0.2, -0.15) is 0 Å². The lowest BCUT2D eigenvalue weighted by molar-refractivity contribution is 0.302. The summed E-state index contributed by atoms with van der Waals surface area (Å²) in [7, 11) is 0. The molecule has 0 aliphatic carbocycles. The van der Waals surface area contributed by atoms with Crippen molar-refractivity contribution in [2.45, 2.75) is 57.9 Å². The molecule has 1 aromatic carbocycles. The standard InChI is InChI=1S/C16H25N/c1-3-16(10-5-4-6-11-17-16)13-15-9-7-8-14(2)12-15/h7-9,12,17H,3-6,10-11,13H2,1-2H3. The highest BCUT2D eigenvalue weighted by molar-refractivity contribution is 5.24. The molecular weight excluding hydrogens is 206 g/mol. The Morgan fingerprint density at radius 2 is 2.12 bits per heavy atom. The first-order valence-electron chi connectivity index (χ1n) is 7.05. The second kappa shape index (κ2) is 5.68. The van der Waals surface area contributed by atoms with Crippen LogP contribution in [-0.4, -0.2) is 12.1 Å². The van der Waals surface area contributed by atoms with Crippen molar-refractivity contribution in [1.82, 2.24) is 5.32 Å². The second-order valence-electron chi connectivity index (χ2n) is 5.54. The smallest absolute Gasteiger partial charge is 0.0219 e. The molecule has 1 aliphatic heterocycles. The summed E-state index contributed by atoms with van der Waals surface area (Å²) in [6.07, 6.45) is 7.87. The highest BCUT2D eigenvalue weighted by Gasteiger charge is 2.28. The van der Waals surface area contributed by atoms with Crippen molar-refractivity contribution >= 4 is 0 Å². The maximum atomic E-state index is 3.81. The first-order chi connectivity index (χ1) is 8.24. The highest BCUT2D eigenvalue weighted by atomic mass is 15.0. The van der Waals surface area contributed by atoms with E-state index in [0.717, 1.165) is 0 Å². The highest BCUT2D eigenvalue weighted by Crippen LogP contribution is 2.26. The second-order valence-corrected chi connectivity index (χ2v) is 5.54. The van der Waals surface area contributed by atoms with E-state index < -0.39 is 0 Å². The summed E-state index contributed by atoms with van der Waals surface area (Å²) in [5, 5.41) is 3.81. The molecule has 0 spiro atoms. The van der Waals surface area contributed by atoms with Crippen LogP contribution in [0.2, 0.25) is 0 Å². The summed E-state index contributed by atoms with van der Waals surface area (Å²) >= 11 is 0. The Hall–Kier alpha value is -0.820. The topological polar surface area (TPSA) is 12.0 Å². The summed E-state index contributed by atoms with van der Waals surface area (Å²) in [6, 6.07) is 8.98. The minimum Gasteiger partial charge on any atom is -0.311 e. The molecule has 94 valence electrons. The summed E-state index contributed by atoms with van der Waals surface area (Å²) < 4.78 is 0. The monoisotopic (exact) mass is 231 g/mol. The van der Waals surface area contributed by atoms with Gasteiger partial charge in [-0.15, -0.1) is 0 Å². The Labute approximate surface area is 106 Å². The summed E-state index contributed by atoms with van der Waals surface area (Å²) in [4.78, 5) is 0. The molecular formula is C16H25N. The van der Waals surface area contributed by atoms with E-state index in [1.54, 1.807) is 0 Å². The number of rotatable bonds is 3. The van der Waals surface area contributed by atoms with Crippen molar-refractivity contribution in [3.05, 3.63) is 35.4 Å². The molecule has 1 nitrogen and oxygen atoms in total. The summed E-state index contributed by atoms with van der Waals surface area (Å²) in [5.74, 6) is 0. The van der Waals surface area contributed by atoms with E-state index in [1.165, 1.54) is 56.2 Å². The molecule has 1 heteroatoms. The van der Waals surface area contributed by atoms with Crippen molar-refractivity contribution in [3.8, 4) is 0 Å². The molecule has 1 aromatic rings. The SMILES string of the molecule is CCC1(Cc2cccc(C)c2)CCCCCN1. The first kappa shape index (κ1) is 12.6. The Bertz CT molecular complexity index is 348. The maximum absolute atomic E-state index is 3.81. The van der Waals surface area contributed by atoms with Crippen molar-refractivity contribution in [3.63, 3.8) is 0 Å². The molecule has 0 radical (unpaired) electrons. The Morgan fingerprint density at radius 1 is 1.24 bits per heavy atom. The number of aryl methyl sites for hydroxylation is 1. The van der Waals surface area contributed by atoms with Crippen LogP contribution in [0.3, 0.4) is 0 Å². The minimum atomic E-state index is 0.351. The van der Waals surface area contributed by atoms with Crippen LogP contribution >= 0.6 is 0 Å². The van der Waals surface area contributed by atoms with Crippen molar-refractivity contribution in [2.24, 2.45) is 0 Å². The lowest BCUT2D eigenvalue weighted by Crippen LogP contribution is -2.46. The van der Waals surface area contributed by atoms with Crippen LogP contribution < -0.4 is 5.32 Å². The molecule has 0 bridgehead atoms. The fourth-order valence-corrected chi connectivity index (χ4v) is 3.00. The van der Waals surface area contributed by atoms with E-state index in [9.17, 15) is 0 Å². The average Bonchev–Trinajstić information content (AvgIpc) is 2.55. The zero-order chi connectivity index (χ0) is 12.1. The lowest BCUT2D eigenvalue weighted by Gasteiger charge is -2.33. The number of benzene rings is 1. The van der Waals surface area contributed by atoms with Gasteiger partial charge in [-0.1, -0.05) is 49.6 Å². The summed E-state index contributed by atoms with van der Waals surface area (Å²) in [5.41, 5.74) is 3.22. The number of hydrogen-bond donors (Lipinski definition) is 1. The Morgan fingerprint density at radius 3 is 2.88 bits per heavy atom. The zero-order valence-corrected chi connectivity index (χ0v) is 11.3. The van der Waals surface area contributed by atoms with Crippen LogP contribution in [0.15, 0.2) is 24.3 Å². The van der Waals surface area contributed by atoms with Gasteiger partial charge in [0.2, 0.25) is 0 Å². The van der Waals surface area contributed by atoms with Crippen molar-refractivity contribution < 1.29 is 0 Å². The van der Waals surface area contributed by atoms with Gasteiger partial charge in [0.15, 0.2) is 0 Å². The first-order valence-corrected chi connectivity index (χ1v) is 7.05. The molecule has 0 aromatic heterocycles. The van der Waals surface area contributed by atoms with E-state index in [-0.39, 0.29) is 0 Å². The normalized spacial score (nSPS) is 25.5. The number of hydrogen-bond acceptors (Lipinski definition) is 1. The molecule has 1 aliphatic rings. The molecule has 17 heavy (non-hydrogen) atoms. The van der Waals surface area contributed by atoms with Crippen LogP contribution in [-0.2, 0) is 6.42 Å². The van der Waals surface area contributed by atoms with Gasteiger partial charge < -0.3 is 5.32 Å². The van der Waals surface area contributed by atoms with Crippen LogP contribution in [0.5, 0.6) is 0 Å². The van der Waals surface area contributed by atoms with Gasteiger partial charge in [0.05, 0.1) is 0 Å². The molecule has 1 N–H and O–H groups in total. The third kappa shape index (κ3) is 3.32. The largest absolute Gasteiger partial charge is 0.311 e. The van der Waals surface area contributed by atoms with E-state index in [4.69, 9.17) is 0 Å². The van der Waals surface area contributed by atoms with Gasteiger partial charge in [-0.25, -0.2) is 0 Å². The van der Waals surface area contributed by atoms with Gasteiger partial charge in [-0.3, -0.25) is 0 Å². The molecule has 1 atom stereocenters. The minimum absolute atomic E-state index is 0.351. The Balaban J connectivity index is 2.12. The van der Waals surface area contributed by atoms with Crippen LogP contribution in [0.25, 0.3) is 0 Å². The molecule has 1 saturated heterocycles. The van der Waals surface area contributed by atoms with E-state index >= 15 is 0 Å². The predicted octanol–water partition coefficient (Wildman–Crippen LogP) is 3.85. The van der Waals surface area contributed by atoms with Crippen LogP contribution in [0, 0.1) is 6.92 Å². The fraction of sp³-hybridized carbons (Fsp3) is 0.625. The molecule has 0 amide bonds. The fourth-order valence-electron chi connectivity index (χ4n) is 3.00. The molecule has 0 saturated carbocycles. The molecule has 1 heterocycles. The zero-order valence-electron chi connectivity index (χ0n) is 11.3. The van der Waals surface area contributed by atoms with Gasteiger partial charge >= 0.3 is 0 Å². The third-order valence-electron chi connectivity index (χ3n) is 4.13. The molecule has 1 fully saturated rings. The molecule has 1 unspecified atom stereocenters. The van der Waals surface area contributed by atoms with Gasteiger partial charge in [0, 0.05) is 5.54 Å². The number of nitrogens with one attached hydrogen (secondary N) is 1.